The van der Waals surface area contributed by atoms with E-state index in [0.29, 0.717) is 5.60 Å². The zero-order valence-corrected chi connectivity index (χ0v) is 8.73. The van der Waals surface area contributed by atoms with Crippen LogP contribution in [-0.2, 0) is 4.74 Å². The molecule has 0 N–H and O–H groups in total. The highest BCUT2D eigenvalue weighted by molar-refractivity contribution is 4.92. The van der Waals surface area contributed by atoms with Crippen LogP contribution in [0.2, 0.25) is 0 Å². The van der Waals surface area contributed by atoms with Crippen molar-refractivity contribution in [2.75, 3.05) is 6.61 Å². The normalized spacial score (nSPS) is 39.8. The molecule has 1 saturated carbocycles. The minimum atomic E-state index is 0.361. The van der Waals surface area contributed by atoms with Gasteiger partial charge in [0.2, 0.25) is 0 Å². The van der Waals surface area contributed by atoms with Gasteiger partial charge in [0, 0.05) is 6.61 Å². The minimum absolute atomic E-state index is 0.361. The van der Waals surface area contributed by atoms with E-state index in [9.17, 15) is 0 Å². The maximum absolute atomic E-state index is 5.77. The van der Waals surface area contributed by atoms with Gasteiger partial charge in [-0.2, -0.15) is 0 Å². The first-order valence-electron chi connectivity index (χ1n) is 5.45. The Morgan fingerprint density at radius 3 is 2.42 bits per heavy atom. The maximum Gasteiger partial charge on any atom is 0.0686 e. The van der Waals surface area contributed by atoms with Gasteiger partial charge < -0.3 is 4.74 Å². The Morgan fingerprint density at radius 2 is 2.00 bits per heavy atom. The standard InChI is InChI=1S/C9H16O.C2H6/c1-8-3-5-9(7-8)4-2-6-10-9;1-2/h8H,2-7H2,1H3;1-2H3/t8?,9-;/m0./s1. The SMILES string of the molecule is CC.CC1CC[C@@]2(CCCO2)C1. The van der Waals surface area contributed by atoms with Gasteiger partial charge in [-0.3, -0.25) is 0 Å². The molecule has 0 aromatic rings. The summed E-state index contributed by atoms with van der Waals surface area (Å²) in [6, 6.07) is 0. The predicted molar refractivity (Wildman–Crippen MR) is 52.3 cm³/mol. The lowest BCUT2D eigenvalue weighted by atomic mass is 9.97. The monoisotopic (exact) mass is 170 g/mol. The summed E-state index contributed by atoms with van der Waals surface area (Å²) < 4.78 is 5.77. The second kappa shape index (κ2) is 4.27. The third kappa shape index (κ3) is 2.01. The van der Waals surface area contributed by atoms with Crippen molar-refractivity contribution in [3.63, 3.8) is 0 Å². The molecule has 1 heterocycles. The van der Waals surface area contributed by atoms with E-state index in [1.54, 1.807) is 0 Å². The number of ether oxygens (including phenoxy) is 1. The fourth-order valence-corrected chi connectivity index (χ4v) is 2.46. The quantitative estimate of drug-likeness (QED) is 0.541. The van der Waals surface area contributed by atoms with Gasteiger partial charge >= 0.3 is 0 Å². The summed E-state index contributed by atoms with van der Waals surface area (Å²) in [6.07, 6.45) is 6.67. The van der Waals surface area contributed by atoms with Gasteiger partial charge in [0.1, 0.15) is 0 Å². The minimum Gasteiger partial charge on any atom is -0.375 e. The van der Waals surface area contributed by atoms with E-state index in [4.69, 9.17) is 4.74 Å². The Balaban J connectivity index is 0.000000336. The molecule has 12 heavy (non-hydrogen) atoms. The molecule has 0 radical (unpaired) electrons. The van der Waals surface area contributed by atoms with Crippen LogP contribution >= 0.6 is 0 Å². The van der Waals surface area contributed by atoms with Crippen molar-refractivity contribution in [1.82, 2.24) is 0 Å². The molecule has 1 aliphatic carbocycles. The molecule has 1 heteroatoms. The molecule has 2 rings (SSSR count). The van der Waals surface area contributed by atoms with Crippen LogP contribution in [-0.4, -0.2) is 12.2 Å². The van der Waals surface area contributed by atoms with Gasteiger partial charge in [-0.05, 0) is 38.0 Å². The van der Waals surface area contributed by atoms with Crippen molar-refractivity contribution in [2.24, 2.45) is 5.92 Å². The van der Waals surface area contributed by atoms with Crippen LogP contribution in [0.5, 0.6) is 0 Å². The Morgan fingerprint density at radius 1 is 1.25 bits per heavy atom. The summed E-state index contributed by atoms with van der Waals surface area (Å²) in [6.45, 7) is 7.36. The first kappa shape index (κ1) is 10.0. The summed E-state index contributed by atoms with van der Waals surface area (Å²) >= 11 is 0. The van der Waals surface area contributed by atoms with Gasteiger partial charge in [0.05, 0.1) is 5.60 Å². The molecule has 1 nitrogen and oxygen atoms in total. The maximum atomic E-state index is 5.77. The molecule has 72 valence electrons. The molecule has 1 saturated heterocycles. The number of hydrogen-bond donors (Lipinski definition) is 0. The van der Waals surface area contributed by atoms with Crippen LogP contribution in [0.4, 0.5) is 0 Å². The Bertz CT molecular complexity index is 125. The topological polar surface area (TPSA) is 9.23 Å². The van der Waals surface area contributed by atoms with Gasteiger partial charge in [-0.25, -0.2) is 0 Å². The zero-order chi connectivity index (χ0) is 9.03. The average molecular weight is 170 g/mol. The molecule has 1 aliphatic heterocycles. The smallest absolute Gasteiger partial charge is 0.0686 e. The van der Waals surface area contributed by atoms with Crippen LogP contribution in [0.1, 0.15) is 52.9 Å². The van der Waals surface area contributed by atoms with E-state index >= 15 is 0 Å². The molecule has 0 amide bonds. The highest BCUT2D eigenvalue weighted by atomic mass is 16.5. The van der Waals surface area contributed by atoms with E-state index in [2.05, 4.69) is 6.92 Å². The lowest BCUT2D eigenvalue weighted by Crippen LogP contribution is -2.22. The summed E-state index contributed by atoms with van der Waals surface area (Å²) in [5.74, 6) is 0.915. The Kier molecular flexibility index (Phi) is 3.57. The molecule has 0 aromatic heterocycles. The first-order chi connectivity index (χ1) is 5.81. The van der Waals surface area contributed by atoms with Gasteiger partial charge in [-0.1, -0.05) is 20.8 Å². The van der Waals surface area contributed by atoms with E-state index in [1.165, 1.54) is 32.1 Å². The molecule has 0 aromatic carbocycles. The summed E-state index contributed by atoms with van der Waals surface area (Å²) in [5.41, 5.74) is 0.361. The lowest BCUT2D eigenvalue weighted by molar-refractivity contribution is 0.00775. The van der Waals surface area contributed by atoms with Crippen LogP contribution < -0.4 is 0 Å². The highest BCUT2D eigenvalue weighted by Gasteiger charge is 2.40. The third-order valence-corrected chi connectivity index (χ3v) is 3.00. The highest BCUT2D eigenvalue weighted by Crippen LogP contribution is 2.43. The Hall–Kier alpha value is -0.0400. The lowest BCUT2D eigenvalue weighted by Gasteiger charge is -2.21. The van der Waals surface area contributed by atoms with Crippen LogP contribution in [0.25, 0.3) is 0 Å². The average Bonchev–Trinajstić information content (AvgIpc) is 2.68. The number of hydrogen-bond acceptors (Lipinski definition) is 1. The van der Waals surface area contributed by atoms with E-state index in [-0.39, 0.29) is 0 Å². The molecule has 2 aliphatic rings. The van der Waals surface area contributed by atoms with Gasteiger partial charge in [0.25, 0.3) is 0 Å². The molecular formula is C11H22O. The van der Waals surface area contributed by atoms with Gasteiger partial charge in [0.15, 0.2) is 0 Å². The van der Waals surface area contributed by atoms with Gasteiger partial charge in [-0.15, -0.1) is 0 Å². The summed E-state index contributed by atoms with van der Waals surface area (Å²) in [7, 11) is 0. The molecule has 1 unspecified atom stereocenters. The van der Waals surface area contributed by atoms with E-state index in [0.717, 1.165) is 12.5 Å². The molecule has 1 spiro atoms. The summed E-state index contributed by atoms with van der Waals surface area (Å²) in [5, 5.41) is 0. The fourth-order valence-electron chi connectivity index (χ4n) is 2.46. The van der Waals surface area contributed by atoms with Crippen molar-refractivity contribution < 1.29 is 4.74 Å². The van der Waals surface area contributed by atoms with E-state index < -0.39 is 0 Å². The predicted octanol–water partition coefficient (Wildman–Crippen LogP) is 3.38. The van der Waals surface area contributed by atoms with Crippen molar-refractivity contribution in [1.29, 1.82) is 0 Å². The first-order valence-corrected chi connectivity index (χ1v) is 5.45. The van der Waals surface area contributed by atoms with Crippen molar-refractivity contribution in [2.45, 2.75) is 58.5 Å². The summed E-state index contributed by atoms with van der Waals surface area (Å²) in [4.78, 5) is 0. The zero-order valence-electron chi connectivity index (χ0n) is 8.73. The van der Waals surface area contributed by atoms with Crippen LogP contribution in [0.3, 0.4) is 0 Å². The second-order valence-corrected chi connectivity index (χ2v) is 3.98. The Labute approximate surface area is 76.5 Å². The fraction of sp³-hybridized carbons (Fsp3) is 1.00. The van der Waals surface area contributed by atoms with Crippen LogP contribution in [0, 0.1) is 5.92 Å². The van der Waals surface area contributed by atoms with Crippen molar-refractivity contribution in [3.8, 4) is 0 Å². The molecule has 2 fully saturated rings. The molecule has 0 bridgehead atoms. The largest absolute Gasteiger partial charge is 0.375 e. The third-order valence-electron chi connectivity index (χ3n) is 3.00. The molecule has 2 atom stereocenters. The van der Waals surface area contributed by atoms with Crippen LogP contribution in [0.15, 0.2) is 0 Å². The second-order valence-electron chi connectivity index (χ2n) is 3.98. The van der Waals surface area contributed by atoms with Crippen molar-refractivity contribution >= 4 is 0 Å². The molecular weight excluding hydrogens is 148 g/mol. The number of rotatable bonds is 0. The van der Waals surface area contributed by atoms with Crippen molar-refractivity contribution in [3.05, 3.63) is 0 Å². The van der Waals surface area contributed by atoms with E-state index in [1.807, 2.05) is 13.8 Å².